The molecule has 0 aliphatic heterocycles. The van der Waals surface area contributed by atoms with Crippen LogP contribution in [-0.2, 0) is 10.8 Å². The predicted molar refractivity (Wildman–Crippen MR) is 107 cm³/mol. The first-order chi connectivity index (χ1) is 12.1. The Kier molecular flexibility index (Phi) is 4.11. The Hall–Kier alpha value is -2.50. The molecule has 4 aromatic rings. The van der Waals surface area contributed by atoms with Crippen LogP contribution in [0.5, 0.6) is 0 Å². The third-order valence-electron chi connectivity index (χ3n) is 4.08. The lowest BCUT2D eigenvalue weighted by molar-refractivity contribution is 0.688. The number of fused-ring (bicyclic) bond motifs is 1. The highest BCUT2D eigenvalue weighted by Crippen LogP contribution is 2.42. The molecule has 0 fully saturated rings. The Bertz CT molecular complexity index is 1070. The second kappa shape index (κ2) is 6.43. The van der Waals surface area contributed by atoms with Gasteiger partial charge < -0.3 is 5.73 Å². The van der Waals surface area contributed by atoms with Crippen LogP contribution in [0.15, 0.2) is 70.9 Å². The Morgan fingerprint density at radius 2 is 1.56 bits per heavy atom. The van der Waals surface area contributed by atoms with E-state index in [2.05, 4.69) is 18.2 Å². The summed E-state index contributed by atoms with van der Waals surface area (Å²) < 4.78 is 12.7. The summed E-state index contributed by atoms with van der Waals surface area (Å²) in [5.41, 5.74) is 11.0. The minimum Gasteiger partial charge on any atom is -0.396 e. The monoisotopic (exact) mass is 364 g/mol. The van der Waals surface area contributed by atoms with Crippen LogP contribution in [-0.4, -0.2) is 15.4 Å². The minimum absolute atomic E-state index is 0.576. The fourth-order valence-corrected chi connectivity index (χ4v) is 4.89. The summed E-state index contributed by atoms with van der Waals surface area (Å²) in [4.78, 5) is 5.62. The first-order valence-corrected chi connectivity index (χ1v) is 10.2. The molecule has 0 saturated carbocycles. The number of nitrogens with zero attached hydrogens (tertiary/aromatic N) is 1. The topological polar surface area (TPSA) is 56.0 Å². The van der Waals surface area contributed by atoms with E-state index in [1.165, 1.54) is 11.3 Å². The average molecular weight is 364 g/mol. The van der Waals surface area contributed by atoms with E-state index in [4.69, 9.17) is 10.7 Å². The second-order valence-corrected chi connectivity index (χ2v) is 8.30. The number of nitrogens with two attached hydrogens (primary N) is 1. The van der Waals surface area contributed by atoms with Crippen LogP contribution in [0.4, 0.5) is 5.69 Å². The molecule has 1 unspecified atom stereocenters. The molecule has 25 heavy (non-hydrogen) atoms. The summed E-state index contributed by atoms with van der Waals surface area (Å²) in [5.74, 6) is 0. The zero-order chi connectivity index (χ0) is 17.4. The lowest BCUT2D eigenvalue weighted by Gasteiger charge is -2.08. The number of thiophene rings is 1. The summed E-state index contributed by atoms with van der Waals surface area (Å²) in [6, 6.07) is 22.3. The van der Waals surface area contributed by atoms with Gasteiger partial charge in [-0.05, 0) is 17.2 Å². The van der Waals surface area contributed by atoms with Crippen molar-refractivity contribution in [2.24, 2.45) is 0 Å². The number of benzene rings is 2. The molecule has 0 saturated heterocycles. The van der Waals surface area contributed by atoms with E-state index in [1.54, 1.807) is 6.26 Å². The molecule has 0 radical (unpaired) electrons. The van der Waals surface area contributed by atoms with E-state index in [1.807, 2.05) is 48.5 Å². The van der Waals surface area contributed by atoms with Gasteiger partial charge in [-0.2, -0.15) is 0 Å². The van der Waals surface area contributed by atoms with E-state index < -0.39 is 10.8 Å². The van der Waals surface area contributed by atoms with E-state index in [0.29, 0.717) is 9.90 Å². The maximum absolute atomic E-state index is 12.1. The fourth-order valence-electron chi connectivity index (χ4n) is 2.92. The van der Waals surface area contributed by atoms with E-state index >= 15 is 0 Å². The lowest BCUT2D eigenvalue weighted by Crippen LogP contribution is -1.93. The molecule has 0 aliphatic carbocycles. The molecule has 5 heteroatoms. The molecular formula is C20H16N2OS2. The van der Waals surface area contributed by atoms with Gasteiger partial charge in [0, 0.05) is 17.2 Å². The normalized spacial score (nSPS) is 12.4. The Morgan fingerprint density at radius 3 is 2.16 bits per heavy atom. The number of hydrogen-bond acceptors (Lipinski definition) is 4. The maximum atomic E-state index is 12.1. The summed E-state index contributed by atoms with van der Waals surface area (Å²) in [6.07, 6.45) is 1.65. The van der Waals surface area contributed by atoms with Gasteiger partial charge in [0.1, 0.15) is 9.04 Å². The van der Waals surface area contributed by atoms with Crippen molar-refractivity contribution >= 4 is 38.0 Å². The van der Waals surface area contributed by atoms with Crippen molar-refractivity contribution in [3.63, 3.8) is 0 Å². The second-order valence-electron chi connectivity index (χ2n) is 5.72. The summed E-state index contributed by atoms with van der Waals surface area (Å²) in [7, 11) is -1.14. The predicted octanol–water partition coefficient (Wildman–Crippen LogP) is 4.95. The molecule has 4 rings (SSSR count). The van der Waals surface area contributed by atoms with Crippen LogP contribution in [0.1, 0.15) is 0 Å². The number of aromatic nitrogens is 1. The molecule has 0 spiro atoms. The summed E-state index contributed by atoms with van der Waals surface area (Å²) in [6.45, 7) is 0. The van der Waals surface area contributed by atoms with E-state index in [9.17, 15) is 4.21 Å². The van der Waals surface area contributed by atoms with Gasteiger partial charge in [-0.15, -0.1) is 11.3 Å². The van der Waals surface area contributed by atoms with Gasteiger partial charge in [0.05, 0.1) is 22.2 Å². The maximum Gasteiger partial charge on any atom is 0.127 e. The van der Waals surface area contributed by atoms with Crippen molar-refractivity contribution in [3.05, 3.63) is 66.7 Å². The molecule has 0 bridgehead atoms. The van der Waals surface area contributed by atoms with E-state index in [0.717, 1.165) is 32.6 Å². The molecule has 3 nitrogen and oxygen atoms in total. The van der Waals surface area contributed by atoms with Crippen LogP contribution >= 0.6 is 11.3 Å². The van der Waals surface area contributed by atoms with Crippen LogP contribution in [0, 0.1) is 0 Å². The Labute approximate surface area is 152 Å². The number of rotatable bonds is 3. The Balaban J connectivity index is 2.07. The summed E-state index contributed by atoms with van der Waals surface area (Å²) in [5, 5.41) is 0.890. The molecule has 124 valence electrons. The van der Waals surface area contributed by atoms with E-state index in [-0.39, 0.29) is 0 Å². The van der Waals surface area contributed by atoms with Gasteiger partial charge in [-0.3, -0.25) is 4.21 Å². The molecule has 2 aromatic carbocycles. The highest BCUT2D eigenvalue weighted by Gasteiger charge is 2.19. The van der Waals surface area contributed by atoms with Gasteiger partial charge in [-0.25, -0.2) is 4.98 Å². The van der Waals surface area contributed by atoms with Crippen molar-refractivity contribution in [2.45, 2.75) is 4.21 Å². The SMILES string of the molecule is CS(=O)c1sc2nc(-c3ccccc3)cc(-c3ccccc3)c2c1N. The van der Waals surface area contributed by atoms with Gasteiger partial charge in [0.2, 0.25) is 0 Å². The van der Waals surface area contributed by atoms with Crippen LogP contribution in [0.2, 0.25) is 0 Å². The quantitative estimate of drug-likeness (QED) is 0.559. The zero-order valence-electron chi connectivity index (χ0n) is 13.6. The number of pyridine rings is 1. The average Bonchev–Trinajstić information content (AvgIpc) is 2.99. The van der Waals surface area contributed by atoms with Gasteiger partial charge in [-0.1, -0.05) is 60.7 Å². The van der Waals surface area contributed by atoms with Gasteiger partial charge in [0.25, 0.3) is 0 Å². The van der Waals surface area contributed by atoms with Crippen molar-refractivity contribution in [1.29, 1.82) is 0 Å². The van der Waals surface area contributed by atoms with Gasteiger partial charge >= 0.3 is 0 Å². The first kappa shape index (κ1) is 16.0. The first-order valence-electron chi connectivity index (χ1n) is 7.82. The molecule has 2 aromatic heterocycles. The molecular weight excluding hydrogens is 348 g/mol. The third kappa shape index (κ3) is 2.86. The van der Waals surface area contributed by atoms with Crippen molar-refractivity contribution in [2.75, 3.05) is 12.0 Å². The van der Waals surface area contributed by atoms with Crippen molar-refractivity contribution < 1.29 is 4.21 Å². The number of hydrogen-bond donors (Lipinski definition) is 1. The van der Waals surface area contributed by atoms with Crippen LogP contribution in [0.3, 0.4) is 0 Å². The lowest BCUT2D eigenvalue weighted by atomic mass is 10.00. The third-order valence-corrected chi connectivity index (χ3v) is 6.67. The minimum atomic E-state index is -1.14. The number of anilines is 1. The van der Waals surface area contributed by atoms with Crippen LogP contribution < -0.4 is 5.73 Å². The highest BCUT2D eigenvalue weighted by molar-refractivity contribution is 7.87. The van der Waals surface area contributed by atoms with Crippen LogP contribution in [0.25, 0.3) is 32.6 Å². The molecule has 2 N–H and O–H groups in total. The molecule has 0 aliphatic rings. The van der Waals surface area contributed by atoms with Crippen molar-refractivity contribution in [1.82, 2.24) is 4.98 Å². The van der Waals surface area contributed by atoms with Crippen molar-refractivity contribution in [3.8, 4) is 22.4 Å². The molecule has 0 amide bonds. The zero-order valence-corrected chi connectivity index (χ0v) is 15.2. The number of nitrogen functional groups attached to an aromatic ring is 1. The standard InChI is InChI=1S/C20H16N2OS2/c1-25(23)20-18(21)17-15(13-8-4-2-5-9-13)12-16(22-19(17)24-20)14-10-6-3-7-11-14/h2-12H,21H2,1H3. The highest BCUT2D eigenvalue weighted by atomic mass is 32.2. The largest absolute Gasteiger partial charge is 0.396 e. The van der Waals surface area contributed by atoms with Gasteiger partial charge in [0.15, 0.2) is 0 Å². The summed E-state index contributed by atoms with van der Waals surface area (Å²) >= 11 is 1.41. The molecule has 1 atom stereocenters. The smallest absolute Gasteiger partial charge is 0.127 e. The molecule has 2 heterocycles. The Morgan fingerprint density at radius 1 is 0.960 bits per heavy atom. The fraction of sp³-hybridized carbons (Fsp3) is 0.0500.